The maximum Gasteiger partial charge on any atom is 0.260 e. The Morgan fingerprint density at radius 1 is 1.05 bits per heavy atom. The van der Waals surface area contributed by atoms with Crippen LogP contribution in [0.15, 0.2) is 54.9 Å². The molecule has 4 heterocycles. The zero-order valence-corrected chi connectivity index (χ0v) is 24.4. The molecule has 13 heteroatoms. The molecule has 1 saturated heterocycles. The van der Waals surface area contributed by atoms with Gasteiger partial charge in [0, 0.05) is 25.6 Å². The van der Waals surface area contributed by atoms with E-state index in [-0.39, 0.29) is 55.2 Å². The Bertz CT molecular complexity index is 1480. The van der Waals surface area contributed by atoms with Gasteiger partial charge < -0.3 is 25.6 Å². The molecule has 2 aromatic heterocycles. The van der Waals surface area contributed by atoms with E-state index in [2.05, 4.69) is 31.2 Å². The number of pyridine rings is 1. The Hall–Kier alpha value is -4.81. The van der Waals surface area contributed by atoms with Gasteiger partial charge in [0.2, 0.25) is 23.6 Å². The fourth-order valence-corrected chi connectivity index (χ4v) is 5.42. The summed E-state index contributed by atoms with van der Waals surface area (Å²) >= 11 is 0. The zero-order chi connectivity index (χ0) is 30.5. The molecular formula is C30H36N8O5. The Kier molecular flexibility index (Phi) is 8.98. The van der Waals surface area contributed by atoms with Crippen LogP contribution in [0.25, 0.3) is 0 Å². The average Bonchev–Trinajstić information content (AvgIpc) is 3.66. The number of amides is 4. The van der Waals surface area contributed by atoms with Crippen LogP contribution in [-0.4, -0.2) is 79.8 Å². The summed E-state index contributed by atoms with van der Waals surface area (Å²) in [4.78, 5) is 60.3. The van der Waals surface area contributed by atoms with Gasteiger partial charge in [-0.25, -0.2) is 9.67 Å². The highest BCUT2D eigenvalue weighted by Gasteiger charge is 2.43. The summed E-state index contributed by atoms with van der Waals surface area (Å²) < 4.78 is 7.21. The lowest BCUT2D eigenvalue weighted by Crippen LogP contribution is -2.58. The number of benzene rings is 1. The molecule has 4 atom stereocenters. The molecule has 5 rings (SSSR count). The molecule has 2 aliphatic rings. The van der Waals surface area contributed by atoms with Gasteiger partial charge in [-0.3, -0.25) is 19.2 Å². The number of hydrogen-bond acceptors (Lipinski definition) is 8. The highest BCUT2D eigenvalue weighted by atomic mass is 16.5. The van der Waals surface area contributed by atoms with E-state index in [9.17, 15) is 19.2 Å². The van der Waals surface area contributed by atoms with Gasteiger partial charge in [-0.2, -0.15) is 0 Å². The van der Waals surface area contributed by atoms with Gasteiger partial charge >= 0.3 is 0 Å². The first kappa shape index (κ1) is 29.7. The number of hydrogen-bond donors (Lipinski definition) is 3. The van der Waals surface area contributed by atoms with Gasteiger partial charge in [-0.05, 0) is 30.5 Å². The van der Waals surface area contributed by atoms with Crippen molar-refractivity contribution in [2.75, 3.05) is 13.2 Å². The lowest BCUT2D eigenvalue weighted by Gasteiger charge is -2.29. The van der Waals surface area contributed by atoms with Gasteiger partial charge in [0.05, 0.1) is 25.4 Å². The molecule has 226 valence electrons. The molecule has 0 unspecified atom stereocenters. The Morgan fingerprint density at radius 2 is 1.84 bits per heavy atom. The minimum atomic E-state index is -0.950. The standard InChI is InChI=1S/C30H36N8O5/c1-4-43-29-22(11-8-12-31-29)30(42)37-17-21-14-24(37)27(40)34-25(18(2)3)28(41)33-23(13-19-9-6-5-7-10-19)26(39)32-15-20-16-38(21)36-35-20/h5-12,16,18,21,23-25H,4,13-15,17H2,1-3H3,(H,32,39)(H,33,41)(H,34,40)/t21-,23+,24-,25-/m0/s1. The zero-order valence-electron chi connectivity index (χ0n) is 24.4. The Morgan fingerprint density at radius 3 is 2.58 bits per heavy atom. The molecule has 3 N–H and O–H groups in total. The lowest BCUT2D eigenvalue weighted by atomic mass is 10.00. The van der Waals surface area contributed by atoms with Gasteiger partial charge in [0.25, 0.3) is 5.91 Å². The Balaban J connectivity index is 1.48. The second kappa shape index (κ2) is 13.0. The monoisotopic (exact) mass is 588 g/mol. The predicted molar refractivity (Wildman–Crippen MR) is 155 cm³/mol. The van der Waals surface area contributed by atoms with E-state index < -0.39 is 35.8 Å². The number of aromatic nitrogens is 4. The first-order chi connectivity index (χ1) is 20.7. The quantitative estimate of drug-likeness (QED) is 0.385. The molecule has 0 spiro atoms. The highest BCUT2D eigenvalue weighted by Crippen LogP contribution is 2.30. The summed E-state index contributed by atoms with van der Waals surface area (Å²) in [5.74, 6) is -1.89. The minimum absolute atomic E-state index is 0.0942. The van der Waals surface area contributed by atoms with E-state index in [1.54, 1.807) is 29.9 Å². The number of likely N-dealkylation sites (tertiary alicyclic amines) is 1. The van der Waals surface area contributed by atoms with Crippen LogP contribution >= 0.6 is 0 Å². The molecule has 3 aromatic rings. The fraction of sp³-hybridized carbons (Fsp3) is 0.433. The first-order valence-electron chi connectivity index (χ1n) is 14.5. The summed E-state index contributed by atoms with van der Waals surface area (Å²) in [5.41, 5.74) is 1.61. The van der Waals surface area contributed by atoms with E-state index in [0.29, 0.717) is 12.3 Å². The van der Waals surface area contributed by atoms with Crippen molar-refractivity contribution in [2.24, 2.45) is 5.92 Å². The molecule has 4 amide bonds. The third-order valence-electron chi connectivity index (χ3n) is 7.66. The van der Waals surface area contributed by atoms with Crippen molar-refractivity contribution in [1.82, 2.24) is 40.8 Å². The van der Waals surface area contributed by atoms with Crippen LogP contribution in [-0.2, 0) is 27.3 Å². The summed E-state index contributed by atoms with van der Waals surface area (Å²) in [6.07, 6.45) is 3.74. The SMILES string of the molecule is CCOc1ncccc1C(=O)N1C[C@@H]2C[C@H]1C(=O)N[C@@H](C(C)C)C(=O)N[C@H](Cc1ccccc1)C(=O)NCc1cn2nn1. The van der Waals surface area contributed by atoms with Gasteiger partial charge in [-0.1, -0.05) is 49.4 Å². The molecule has 2 aliphatic heterocycles. The van der Waals surface area contributed by atoms with Gasteiger partial charge in [0.15, 0.2) is 0 Å². The van der Waals surface area contributed by atoms with Crippen LogP contribution in [0.2, 0.25) is 0 Å². The van der Waals surface area contributed by atoms with Crippen molar-refractivity contribution >= 4 is 23.6 Å². The van der Waals surface area contributed by atoms with Crippen LogP contribution in [0.5, 0.6) is 5.88 Å². The average molecular weight is 589 g/mol. The molecular weight excluding hydrogens is 552 g/mol. The first-order valence-corrected chi connectivity index (χ1v) is 14.5. The van der Waals surface area contributed by atoms with E-state index in [1.165, 1.54) is 11.1 Å². The van der Waals surface area contributed by atoms with Gasteiger partial charge in [-0.15, -0.1) is 5.10 Å². The highest BCUT2D eigenvalue weighted by molar-refractivity contribution is 6.00. The fourth-order valence-electron chi connectivity index (χ4n) is 5.42. The number of carbonyl (C=O) groups excluding carboxylic acids is 4. The molecule has 1 fully saturated rings. The summed E-state index contributed by atoms with van der Waals surface area (Å²) in [6, 6.07) is 9.49. The largest absolute Gasteiger partial charge is 0.477 e. The second-order valence-corrected chi connectivity index (χ2v) is 11.0. The predicted octanol–water partition coefficient (Wildman–Crippen LogP) is 1.03. The molecule has 0 saturated carbocycles. The van der Waals surface area contributed by atoms with Crippen LogP contribution in [0.1, 0.15) is 54.8 Å². The van der Waals surface area contributed by atoms with E-state index >= 15 is 0 Å². The second-order valence-electron chi connectivity index (χ2n) is 11.0. The summed E-state index contributed by atoms with van der Waals surface area (Å²) in [7, 11) is 0. The van der Waals surface area contributed by atoms with E-state index in [4.69, 9.17) is 4.74 Å². The van der Waals surface area contributed by atoms with Crippen LogP contribution in [0, 0.1) is 5.92 Å². The molecule has 43 heavy (non-hydrogen) atoms. The van der Waals surface area contributed by atoms with Crippen molar-refractivity contribution in [3.63, 3.8) is 0 Å². The van der Waals surface area contributed by atoms with Crippen molar-refractivity contribution in [2.45, 2.75) is 64.3 Å². The van der Waals surface area contributed by atoms with E-state index in [1.807, 2.05) is 44.2 Å². The third-order valence-corrected chi connectivity index (χ3v) is 7.66. The Labute approximate surface area is 249 Å². The topological polar surface area (TPSA) is 160 Å². The number of rotatable bonds is 6. The third kappa shape index (κ3) is 6.65. The normalized spacial score (nSPS) is 22.7. The van der Waals surface area contributed by atoms with Gasteiger partial charge in [0.1, 0.15) is 29.4 Å². The van der Waals surface area contributed by atoms with Crippen molar-refractivity contribution in [3.05, 3.63) is 71.7 Å². The smallest absolute Gasteiger partial charge is 0.260 e. The minimum Gasteiger partial charge on any atom is -0.477 e. The maximum atomic E-state index is 13.9. The van der Waals surface area contributed by atoms with Crippen molar-refractivity contribution in [1.29, 1.82) is 0 Å². The lowest BCUT2D eigenvalue weighted by molar-refractivity contribution is -0.134. The summed E-state index contributed by atoms with van der Waals surface area (Å²) in [5, 5.41) is 17.0. The van der Waals surface area contributed by atoms with E-state index in [0.717, 1.165) is 5.56 Å². The number of nitrogens with zero attached hydrogens (tertiary/aromatic N) is 5. The van der Waals surface area contributed by atoms with Crippen LogP contribution in [0.4, 0.5) is 0 Å². The van der Waals surface area contributed by atoms with Crippen LogP contribution in [0.3, 0.4) is 0 Å². The number of carbonyl (C=O) groups is 4. The number of ether oxygens (including phenoxy) is 1. The molecule has 1 aromatic carbocycles. The summed E-state index contributed by atoms with van der Waals surface area (Å²) in [6.45, 7) is 6.00. The molecule has 13 nitrogen and oxygen atoms in total. The number of nitrogens with one attached hydrogen (secondary N) is 3. The number of fused-ring (bicyclic) bond motifs is 5. The molecule has 4 bridgehead atoms. The maximum absolute atomic E-state index is 13.9. The molecule has 0 radical (unpaired) electrons. The van der Waals surface area contributed by atoms with Crippen LogP contribution < -0.4 is 20.7 Å². The van der Waals surface area contributed by atoms with Crippen molar-refractivity contribution < 1.29 is 23.9 Å². The van der Waals surface area contributed by atoms with Crippen molar-refractivity contribution in [3.8, 4) is 5.88 Å². The molecule has 0 aliphatic carbocycles.